The van der Waals surface area contributed by atoms with Crippen LogP contribution < -0.4 is 10.6 Å². The fraction of sp³-hybridized carbons (Fsp3) is 0.481. The normalized spacial score (nSPS) is 14.6. The fourth-order valence-electron chi connectivity index (χ4n) is 4.33. The van der Waals surface area contributed by atoms with Crippen LogP contribution in [-0.4, -0.2) is 41.0 Å². The Balaban J connectivity index is 1.87. The number of benzene rings is 2. The van der Waals surface area contributed by atoms with E-state index in [4.69, 9.17) is 12.2 Å². The SMILES string of the molecule is CC(CCCO)(CCNC(=S)NCCC(C)(CCC(=O)O)c1ccccc1)c1ccccc1. The summed E-state index contributed by atoms with van der Waals surface area (Å²) >= 11 is 5.50. The van der Waals surface area contributed by atoms with Gasteiger partial charge in [0.25, 0.3) is 0 Å². The third kappa shape index (κ3) is 8.78. The molecule has 2 atom stereocenters. The van der Waals surface area contributed by atoms with Crippen LogP contribution in [0.25, 0.3) is 0 Å². The standard InChI is InChI=1S/C27H38N2O3S/c1-26(15-9-21-30,22-10-5-3-6-11-22)17-19-28-25(33)29-20-18-27(2,16-14-24(31)32)23-12-7-4-8-13-23/h3-8,10-13,30H,9,14-21H2,1-2H3,(H,31,32)(H2,28,29,33). The molecule has 0 saturated carbocycles. The van der Waals surface area contributed by atoms with Gasteiger partial charge < -0.3 is 20.8 Å². The number of aliphatic hydroxyl groups excluding tert-OH is 1. The van der Waals surface area contributed by atoms with Gasteiger partial charge in [-0.25, -0.2) is 0 Å². The quantitative estimate of drug-likeness (QED) is 0.298. The van der Waals surface area contributed by atoms with Crippen LogP contribution >= 0.6 is 12.2 Å². The lowest BCUT2D eigenvalue weighted by Gasteiger charge is -2.31. The van der Waals surface area contributed by atoms with Gasteiger partial charge in [-0.15, -0.1) is 0 Å². The van der Waals surface area contributed by atoms with E-state index in [2.05, 4.69) is 60.9 Å². The molecule has 0 aliphatic heterocycles. The van der Waals surface area contributed by atoms with Crippen LogP contribution in [-0.2, 0) is 15.6 Å². The van der Waals surface area contributed by atoms with Crippen LogP contribution in [0.2, 0.25) is 0 Å². The van der Waals surface area contributed by atoms with Crippen LogP contribution in [0, 0.1) is 0 Å². The predicted molar refractivity (Wildman–Crippen MR) is 139 cm³/mol. The second-order valence-electron chi connectivity index (χ2n) is 9.26. The number of aliphatic carboxylic acids is 1. The van der Waals surface area contributed by atoms with Gasteiger partial charge >= 0.3 is 5.97 Å². The topological polar surface area (TPSA) is 81.6 Å². The molecule has 0 amide bonds. The summed E-state index contributed by atoms with van der Waals surface area (Å²) in [4.78, 5) is 11.2. The second-order valence-corrected chi connectivity index (χ2v) is 9.67. The molecule has 33 heavy (non-hydrogen) atoms. The zero-order chi connectivity index (χ0) is 24.2. The monoisotopic (exact) mass is 470 g/mol. The number of thiocarbonyl (C=S) groups is 1. The van der Waals surface area contributed by atoms with E-state index in [1.54, 1.807) is 0 Å². The van der Waals surface area contributed by atoms with Crippen molar-refractivity contribution in [3.63, 3.8) is 0 Å². The Kier molecular flexibility index (Phi) is 10.8. The molecule has 2 unspecified atom stereocenters. The molecule has 2 rings (SSSR count). The van der Waals surface area contributed by atoms with Crippen LogP contribution in [0.15, 0.2) is 60.7 Å². The van der Waals surface area contributed by atoms with Gasteiger partial charge in [0.15, 0.2) is 5.11 Å². The van der Waals surface area contributed by atoms with Crippen molar-refractivity contribution in [1.82, 2.24) is 10.6 Å². The maximum absolute atomic E-state index is 11.2. The molecule has 0 aliphatic rings. The molecule has 0 aromatic heterocycles. The number of carboxylic acids is 1. The molecular weight excluding hydrogens is 432 g/mol. The van der Waals surface area contributed by atoms with Crippen molar-refractivity contribution in [2.45, 2.75) is 63.2 Å². The molecule has 0 fully saturated rings. The van der Waals surface area contributed by atoms with Crippen molar-refractivity contribution < 1.29 is 15.0 Å². The predicted octanol–water partition coefficient (Wildman–Crippen LogP) is 4.78. The third-order valence-corrected chi connectivity index (χ3v) is 6.93. The summed E-state index contributed by atoms with van der Waals surface area (Å²) in [5.74, 6) is -0.773. The Morgan fingerprint density at radius 2 is 1.27 bits per heavy atom. The van der Waals surface area contributed by atoms with Crippen molar-refractivity contribution in [2.75, 3.05) is 19.7 Å². The van der Waals surface area contributed by atoms with Gasteiger partial charge in [-0.2, -0.15) is 0 Å². The highest BCUT2D eigenvalue weighted by Gasteiger charge is 2.27. The minimum Gasteiger partial charge on any atom is -0.481 e. The Bertz CT molecular complexity index is 862. The van der Waals surface area contributed by atoms with Crippen molar-refractivity contribution in [2.24, 2.45) is 0 Å². The third-order valence-electron chi connectivity index (χ3n) is 6.64. The molecule has 0 bridgehead atoms. The van der Waals surface area contributed by atoms with Gasteiger partial charge in [0.05, 0.1) is 0 Å². The smallest absolute Gasteiger partial charge is 0.303 e. The lowest BCUT2D eigenvalue weighted by Crippen LogP contribution is -2.40. The highest BCUT2D eigenvalue weighted by atomic mass is 32.1. The first kappa shape index (κ1) is 26.8. The van der Waals surface area contributed by atoms with E-state index in [0.29, 0.717) is 18.1 Å². The van der Waals surface area contributed by atoms with Crippen molar-refractivity contribution in [1.29, 1.82) is 0 Å². The van der Waals surface area contributed by atoms with Crippen molar-refractivity contribution in [3.8, 4) is 0 Å². The molecular formula is C27H38N2O3S. The highest BCUT2D eigenvalue weighted by Crippen LogP contribution is 2.33. The Morgan fingerprint density at radius 3 is 1.70 bits per heavy atom. The molecule has 0 heterocycles. The van der Waals surface area contributed by atoms with E-state index in [1.165, 1.54) is 5.56 Å². The maximum Gasteiger partial charge on any atom is 0.303 e. The minimum absolute atomic E-state index is 0.0324. The fourth-order valence-corrected chi connectivity index (χ4v) is 4.53. The van der Waals surface area contributed by atoms with Gasteiger partial charge in [0, 0.05) is 26.1 Å². The number of hydrogen-bond donors (Lipinski definition) is 4. The van der Waals surface area contributed by atoms with Gasteiger partial charge in [-0.05, 0) is 66.3 Å². The number of hydrogen-bond acceptors (Lipinski definition) is 3. The van der Waals surface area contributed by atoms with Crippen LogP contribution in [0.4, 0.5) is 0 Å². The lowest BCUT2D eigenvalue weighted by molar-refractivity contribution is -0.137. The lowest BCUT2D eigenvalue weighted by atomic mass is 9.76. The molecule has 4 N–H and O–H groups in total. The summed E-state index contributed by atoms with van der Waals surface area (Å²) in [5, 5.41) is 25.7. The van der Waals surface area contributed by atoms with E-state index in [9.17, 15) is 15.0 Å². The average molecular weight is 471 g/mol. The summed E-state index contributed by atoms with van der Waals surface area (Å²) in [7, 11) is 0. The van der Waals surface area contributed by atoms with Gasteiger partial charge in [-0.3, -0.25) is 4.79 Å². The van der Waals surface area contributed by atoms with Crippen LogP contribution in [0.5, 0.6) is 0 Å². The van der Waals surface area contributed by atoms with E-state index in [0.717, 1.165) is 37.8 Å². The highest BCUT2D eigenvalue weighted by molar-refractivity contribution is 7.80. The molecule has 2 aromatic rings. The van der Waals surface area contributed by atoms with E-state index >= 15 is 0 Å². The molecule has 5 nitrogen and oxygen atoms in total. The average Bonchev–Trinajstić information content (AvgIpc) is 2.82. The van der Waals surface area contributed by atoms with Crippen LogP contribution in [0.3, 0.4) is 0 Å². The maximum atomic E-state index is 11.2. The number of carbonyl (C=O) groups is 1. The van der Waals surface area contributed by atoms with Crippen molar-refractivity contribution in [3.05, 3.63) is 71.8 Å². The summed E-state index contributed by atoms with van der Waals surface area (Å²) in [6.45, 7) is 5.95. The Hall–Kier alpha value is -2.44. The zero-order valence-electron chi connectivity index (χ0n) is 19.8. The first-order valence-electron chi connectivity index (χ1n) is 11.7. The molecule has 180 valence electrons. The number of nitrogens with one attached hydrogen (secondary N) is 2. The van der Waals surface area contributed by atoms with Gasteiger partial charge in [0.1, 0.15) is 0 Å². The minimum atomic E-state index is -0.773. The first-order chi connectivity index (χ1) is 15.8. The number of rotatable bonds is 14. The Morgan fingerprint density at radius 1 is 0.818 bits per heavy atom. The zero-order valence-corrected chi connectivity index (χ0v) is 20.7. The van der Waals surface area contributed by atoms with E-state index in [-0.39, 0.29) is 23.9 Å². The molecule has 6 heteroatoms. The van der Waals surface area contributed by atoms with Gasteiger partial charge in [0.2, 0.25) is 0 Å². The molecule has 0 spiro atoms. The summed E-state index contributed by atoms with van der Waals surface area (Å²) in [5.41, 5.74) is 2.15. The Labute approximate surface area is 203 Å². The molecule has 2 aromatic carbocycles. The summed E-state index contributed by atoms with van der Waals surface area (Å²) < 4.78 is 0. The van der Waals surface area contributed by atoms with Crippen molar-refractivity contribution >= 4 is 23.3 Å². The first-order valence-corrected chi connectivity index (χ1v) is 12.2. The van der Waals surface area contributed by atoms with E-state index in [1.807, 2.05) is 24.3 Å². The second kappa shape index (κ2) is 13.3. The largest absolute Gasteiger partial charge is 0.481 e. The molecule has 0 radical (unpaired) electrons. The molecule has 0 saturated heterocycles. The van der Waals surface area contributed by atoms with Gasteiger partial charge in [-0.1, -0.05) is 74.5 Å². The number of aliphatic hydroxyl groups is 1. The number of carboxylic acid groups (broad SMARTS) is 1. The summed E-state index contributed by atoms with van der Waals surface area (Å²) in [6.07, 6.45) is 4.08. The summed E-state index contributed by atoms with van der Waals surface area (Å²) in [6, 6.07) is 20.5. The molecule has 0 aliphatic carbocycles. The van der Waals surface area contributed by atoms with Crippen LogP contribution in [0.1, 0.15) is 63.5 Å². The van der Waals surface area contributed by atoms with E-state index < -0.39 is 5.97 Å².